The first kappa shape index (κ1) is 22.9. The lowest BCUT2D eigenvalue weighted by Gasteiger charge is -2.31. The van der Waals surface area contributed by atoms with Gasteiger partial charge in [-0.25, -0.2) is 0 Å². The van der Waals surface area contributed by atoms with Crippen molar-refractivity contribution in [2.75, 3.05) is 33.9 Å². The number of ether oxygens (including phenoxy) is 3. The van der Waals surface area contributed by atoms with Crippen LogP contribution in [-0.4, -0.2) is 61.6 Å². The van der Waals surface area contributed by atoms with Gasteiger partial charge in [0.05, 0.1) is 39.0 Å². The fourth-order valence-electron chi connectivity index (χ4n) is 4.38. The van der Waals surface area contributed by atoms with E-state index in [2.05, 4.69) is 12.1 Å². The second kappa shape index (κ2) is 9.67. The van der Waals surface area contributed by atoms with Crippen LogP contribution in [-0.2, 0) is 27.3 Å². The summed E-state index contributed by atoms with van der Waals surface area (Å²) in [6, 6.07) is 13.5. The first-order valence-corrected chi connectivity index (χ1v) is 11.2. The molecule has 7 nitrogen and oxygen atoms in total. The number of imide groups is 1. The highest BCUT2D eigenvalue weighted by atomic mass is 16.5. The van der Waals surface area contributed by atoms with Crippen molar-refractivity contribution < 1.29 is 23.8 Å². The van der Waals surface area contributed by atoms with Crippen LogP contribution in [0.25, 0.3) is 5.57 Å². The van der Waals surface area contributed by atoms with E-state index < -0.39 is 0 Å². The van der Waals surface area contributed by atoms with Gasteiger partial charge in [-0.15, -0.1) is 0 Å². The van der Waals surface area contributed by atoms with E-state index in [0.717, 1.165) is 6.42 Å². The molecule has 0 radical (unpaired) electrons. The molecule has 2 aromatic rings. The molecule has 2 heterocycles. The van der Waals surface area contributed by atoms with E-state index in [1.54, 1.807) is 32.4 Å². The van der Waals surface area contributed by atoms with Gasteiger partial charge < -0.3 is 19.1 Å². The van der Waals surface area contributed by atoms with Gasteiger partial charge in [-0.1, -0.05) is 30.3 Å². The molecule has 7 heteroatoms. The Morgan fingerprint density at radius 1 is 0.939 bits per heavy atom. The third-order valence-corrected chi connectivity index (χ3v) is 6.03. The molecule has 0 fully saturated rings. The molecule has 4 rings (SSSR count). The van der Waals surface area contributed by atoms with Crippen molar-refractivity contribution in [3.05, 3.63) is 64.9 Å². The maximum atomic E-state index is 13.6. The molecule has 2 amide bonds. The van der Waals surface area contributed by atoms with E-state index in [1.807, 2.05) is 30.9 Å². The van der Waals surface area contributed by atoms with Crippen LogP contribution in [0.3, 0.4) is 0 Å². The SMILES string of the molecule is COc1ccc(C2=C(N3CCc4ccccc4C3)C(=O)N(CCOC(C)C)C2=O)cc1OC. The van der Waals surface area contributed by atoms with Crippen molar-refractivity contribution in [3.8, 4) is 11.5 Å². The number of fused-ring (bicyclic) bond motifs is 1. The Balaban J connectivity index is 1.74. The highest BCUT2D eigenvalue weighted by Crippen LogP contribution is 2.37. The number of hydrogen-bond acceptors (Lipinski definition) is 6. The van der Waals surface area contributed by atoms with Crippen molar-refractivity contribution in [2.24, 2.45) is 0 Å². The summed E-state index contributed by atoms with van der Waals surface area (Å²) in [6.07, 6.45) is 0.839. The van der Waals surface area contributed by atoms with E-state index >= 15 is 0 Å². The molecule has 0 aromatic heterocycles. The summed E-state index contributed by atoms with van der Waals surface area (Å²) < 4.78 is 16.4. The topological polar surface area (TPSA) is 68.3 Å². The fourth-order valence-corrected chi connectivity index (χ4v) is 4.38. The summed E-state index contributed by atoms with van der Waals surface area (Å²) in [5, 5.41) is 0. The van der Waals surface area contributed by atoms with Crippen molar-refractivity contribution in [1.29, 1.82) is 0 Å². The summed E-state index contributed by atoms with van der Waals surface area (Å²) in [5.74, 6) is 0.479. The van der Waals surface area contributed by atoms with E-state index in [1.165, 1.54) is 16.0 Å². The average Bonchev–Trinajstić information content (AvgIpc) is 3.07. The van der Waals surface area contributed by atoms with Gasteiger partial charge in [0.15, 0.2) is 11.5 Å². The normalized spacial score (nSPS) is 16.0. The number of amides is 2. The highest BCUT2D eigenvalue weighted by molar-refractivity contribution is 6.35. The maximum absolute atomic E-state index is 13.6. The van der Waals surface area contributed by atoms with Gasteiger partial charge in [0.2, 0.25) is 0 Å². The first-order valence-electron chi connectivity index (χ1n) is 11.2. The molecule has 0 unspecified atom stereocenters. The third kappa shape index (κ3) is 4.46. The molecule has 0 spiro atoms. The monoisotopic (exact) mass is 450 g/mol. The molecule has 0 bridgehead atoms. The molecule has 2 aliphatic heterocycles. The molecule has 0 N–H and O–H groups in total. The fraction of sp³-hybridized carbons (Fsp3) is 0.385. The van der Waals surface area contributed by atoms with Crippen molar-refractivity contribution in [2.45, 2.75) is 32.9 Å². The van der Waals surface area contributed by atoms with Crippen LogP contribution in [0, 0.1) is 0 Å². The minimum Gasteiger partial charge on any atom is -0.493 e. The first-order chi connectivity index (χ1) is 15.9. The number of carbonyl (C=O) groups is 2. The Morgan fingerprint density at radius 2 is 1.67 bits per heavy atom. The zero-order valence-corrected chi connectivity index (χ0v) is 19.6. The number of nitrogens with zero attached hydrogens (tertiary/aromatic N) is 2. The average molecular weight is 451 g/mol. The Bertz CT molecular complexity index is 1090. The highest BCUT2D eigenvalue weighted by Gasteiger charge is 2.42. The molecule has 2 aromatic carbocycles. The molecule has 0 atom stereocenters. The molecule has 2 aliphatic rings. The van der Waals surface area contributed by atoms with Crippen molar-refractivity contribution >= 4 is 17.4 Å². The van der Waals surface area contributed by atoms with Crippen LogP contribution >= 0.6 is 0 Å². The number of carbonyl (C=O) groups excluding carboxylic acids is 2. The number of rotatable bonds is 8. The molecule has 174 valence electrons. The third-order valence-electron chi connectivity index (χ3n) is 6.03. The molecule has 0 saturated carbocycles. The largest absolute Gasteiger partial charge is 0.493 e. The molecule has 0 aliphatic carbocycles. The maximum Gasteiger partial charge on any atom is 0.277 e. The predicted molar refractivity (Wildman–Crippen MR) is 125 cm³/mol. The molecule has 0 saturated heterocycles. The van der Waals surface area contributed by atoms with Crippen molar-refractivity contribution in [3.63, 3.8) is 0 Å². The van der Waals surface area contributed by atoms with Gasteiger partial charge in [-0.05, 0) is 49.1 Å². The van der Waals surface area contributed by atoms with Gasteiger partial charge in [0.25, 0.3) is 11.8 Å². The summed E-state index contributed by atoms with van der Waals surface area (Å²) in [7, 11) is 3.11. The summed E-state index contributed by atoms with van der Waals surface area (Å²) in [4.78, 5) is 30.4. The number of methoxy groups -OCH3 is 2. The molecular weight excluding hydrogens is 420 g/mol. The van der Waals surface area contributed by atoms with Gasteiger partial charge in [-0.2, -0.15) is 0 Å². The second-order valence-corrected chi connectivity index (χ2v) is 8.42. The van der Waals surface area contributed by atoms with Crippen molar-refractivity contribution in [1.82, 2.24) is 9.80 Å². The van der Waals surface area contributed by atoms with E-state index in [4.69, 9.17) is 14.2 Å². The van der Waals surface area contributed by atoms with E-state index in [-0.39, 0.29) is 24.5 Å². The van der Waals surface area contributed by atoms with Crippen LogP contribution < -0.4 is 9.47 Å². The Kier molecular flexibility index (Phi) is 6.70. The minimum absolute atomic E-state index is 0.0224. The van der Waals surface area contributed by atoms with Crippen LogP contribution in [0.4, 0.5) is 0 Å². The smallest absolute Gasteiger partial charge is 0.277 e. The van der Waals surface area contributed by atoms with Crippen LogP contribution in [0.2, 0.25) is 0 Å². The quantitative estimate of drug-likeness (QED) is 0.575. The number of hydrogen-bond donors (Lipinski definition) is 0. The van der Waals surface area contributed by atoms with E-state index in [0.29, 0.717) is 48.0 Å². The van der Waals surface area contributed by atoms with E-state index in [9.17, 15) is 9.59 Å². The van der Waals surface area contributed by atoms with Crippen LogP contribution in [0.5, 0.6) is 11.5 Å². The van der Waals surface area contributed by atoms with Gasteiger partial charge >= 0.3 is 0 Å². The van der Waals surface area contributed by atoms with Crippen LogP contribution in [0.1, 0.15) is 30.5 Å². The lowest BCUT2D eigenvalue weighted by atomic mass is 9.97. The minimum atomic E-state index is -0.312. The van der Waals surface area contributed by atoms with Gasteiger partial charge in [0, 0.05) is 13.1 Å². The molecular formula is C26H30N2O5. The Labute approximate surface area is 194 Å². The Hall–Kier alpha value is -3.32. The molecule has 33 heavy (non-hydrogen) atoms. The summed E-state index contributed by atoms with van der Waals surface area (Å²) in [5.41, 5.74) is 3.91. The standard InChI is InChI=1S/C26H30N2O5/c1-17(2)33-14-13-28-25(29)23(19-9-10-21(31-3)22(15-19)32-4)24(26(28)30)27-12-11-18-7-5-6-8-20(18)16-27/h5-10,15,17H,11-14,16H2,1-4H3. The zero-order chi connectivity index (χ0) is 23.5. The van der Waals surface area contributed by atoms with Crippen LogP contribution in [0.15, 0.2) is 48.2 Å². The lowest BCUT2D eigenvalue weighted by Crippen LogP contribution is -2.39. The second-order valence-electron chi connectivity index (χ2n) is 8.42. The van der Waals surface area contributed by atoms with Gasteiger partial charge in [-0.3, -0.25) is 14.5 Å². The summed E-state index contributed by atoms with van der Waals surface area (Å²) >= 11 is 0. The number of benzene rings is 2. The summed E-state index contributed by atoms with van der Waals surface area (Å²) in [6.45, 7) is 5.61. The van der Waals surface area contributed by atoms with Gasteiger partial charge in [0.1, 0.15) is 5.70 Å². The Morgan fingerprint density at radius 3 is 2.36 bits per heavy atom. The lowest BCUT2D eigenvalue weighted by molar-refractivity contribution is -0.138. The predicted octanol–water partition coefficient (Wildman–Crippen LogP) is 3.27. The zero-order valence-electron chi connectivity index (χ0n) is 19.6.